The van der Waals surface area contributed by atoms with Crippen molar-refractivity contribution in [3.05, 3.63) is 30.6 Å². The Morgan fingerprint density at radius 1 is 1.29 bits per heavy atom. The average Bonchev–Trinajstić information content (AvgIpc) is 2.19. The Morgan fingerprint density at radius 3 is 2.00 bits per heavy atom. The number of rotatable bonds is 2. The van der Waals surface area contributed by atoms with Crippen molar-refractivity contribution in [1.29, 1.82) is 0 Å². The number of halogens is 4. The first-order valence-corrected chi connectivity index (χ1v) is 5.20. The standard InChI is InChI=1S/C7H10NS.C2HF3O2.HI/c1-2-9-8-6-4-3-5-7-8;3-2(4,5)1(6)7;/h3-7H,2H2,1H3;(H,6,7);1H/q+1;;/p-1. The molecule has 0 amide bonds. The molecule has 3 nitrogen and oxygen atoms in total. The Kier molecular flexibility index (Phi) is 10.5. The van der Waals surface area contributed by atoms with Crippen molar-refractivity contribution in [2.24, 2.45) is 0 Å². The van der Waals surface area contributed by atoms with E-state index < -0.39 is 12.1 Å². The van der Waals surface area contributed by atoms with Crippen molar-refractivity contribution < 1.29 is 27.0 Å². The monoisotopic (exact) mass is 381 g/mol. The second kappa shape index (κ2) is 9.51. The molecule has 0 N–H and O–H groups in total. The van der Waals surface area contributed by atoms with Gasteiger partial charge in [-0.2, -0.15) is 13.2 Å². The lowest BCUT2D eigenvalue weighted by molar-refractivity contribution is -0.494. The second-order valence-electron chi connectivity index (χ2n) is 2.44. The summed E-state index contributed by atoms with van der Waals surface area (Å²) >= 11 is 1.79. The summed E-state index contributed by atoms with van der Waals surface area (Å²) in [6.45, 7) is 2.14. The van der Waals surface area contributed by atoms with Gasteiger partial charge in [0.15, 0.2) is 24.3 Å². The van der Waals surface area contributed by atoms with Gasteiger partial charge in [0, 0.05) is 12.1 Å². The van der Waals surface area contributed by atoms with Crippen LogP contribution < -0.4 is 9.08 Å². The molecular formula is C9H11F3INO2S. The first kappa shape index (κ1) is 18.8. The molecule has 0 spiro atoms. The average molecular weight is 381 g/mol. The van der Waals surface area contributed by atoms with Crippen molar-refractivity contribution in [3.63, 3.8) is 0 Å². The molecule has 0 aliphatic carbocycles. The normalized spacial score (nSPS) is 9.65. The zero-order valence-corrected chi connectivity index (χ0v) is 12.0. The van der Waals surface area contributed by atoms with Crippen LogP contribution in [-0.2, 0) is 4.79 Å². The minimum atomic E-state index is -5.19. The molecule has 1 aromatic heterocycles. The highest BCUT2D eigenvalue weighted by Gasteiger charge is 2.28. The number of hydrogen-bond donors (Lipinski definition) is 0. The van der Waals surface area contributed by atoms with Crippen LogP contribution in [0.1, 0.15) is 6.92 Å². The van der Waals surface area contributed by atoms with Crippen molar-refractivity contribution in [2.45, 2.75) is 13.1 Å². The largest absolute Gasteiger partial charge is 0.542 e. The fourth-order valence-corrected chi connectivity index (χ4v) is 1.23. The van der Waals surface area contributed by atoms with Crippen molar-refractivity contribution in [2.75, 3.05) is 5.75 Å². The summed E-state index contributed by atoms with van der Waals surface area (Å²) in [5.74, 6) is -1.89. The minimum Gasteiger partial charge on any atom is -0.542 e. The Morgan fingerprint density at radius 2 is 1.71 bits per heavy atom. The summed E-state index contributed by atoms with van der Waals surface area (Å²) in [7, 11) is 0. The summed E-state index contributed by atoms with van der Waals surface area (Å²) in [5, 5.41) is 8.78. The highest BCUT2D eigenvalue weighted by Crippen LogP contribution is 2.11. The number of aliphatic carboxylic acids is 1. The van der Waals surface area contributed by atoms with Gasteiger partial charge in [0.1, 0.15) is 5.97 Å². The van der Waals surface area contributed by atoms with Gasteiger partial charge in [-0.15, -0.1) is 27.9 Å². The number of carboxylic acids is 1. The van der Waals surface area contributed by atoms with Gasteiger partial charge in [-0.05, 0) is 0 Å². The van der Waals surface area contributed by atoms with Crippen molar-refractivity contribution >= 4 is 41.9 Å². The second-order valence-corrected chi connectivity index (χ2v) is 3.70. The Labute approximate surface area is 118 Å². The number of pyridine rings is 1. The lowest BCUT2D eigenvalue weighted by Gasteiger charge is -2.03. The molecule has 0 atom stereocenters. The van der Waals surface area contributed by atoms with Crippen LogP contribution >= 0.6 is 35.9 Å². The fraction of sp³-hybridized carbons (Fsp3) is 0.333. The number of carbonyl (C=O) groups excluding carboxylic acids is 1. The van der Waals surface area contributed by atoms with Crippen LogP contribution in [0, 0.1) is 0 Å². The van der Waals surface area contributed by atoms with E-state index in [1.807, 2.05) is 30.6 Å². The summed E-state index contributed by atoms with van der Waals surface area (Å²) in [6.07, 6.45) is -1.09. The highest BCUT2D eigenvalue weighted by molar-refractivity contribution is 14.0. The molecule has 1 aromatic rings. The molecule has 0 radical (unpaired) electrons. The van der Waals surface area contributed by atoms with E-state index in [0.29, 0.717) is 0 Å². The molecule has 0 aliphatic rings. The summed E-state index contributed by atoms with van der Waals surface area (Å²) in [6, 6.07) is 6.08. The van der Waals surface area contributed by atoms with Crippen LogP contribution in [0.25, 0.3) is 0 Å². The third kappa shape index (κ3) is 10.4. The number of carbonyl (C=O) groups is 1. The zero-order chi connectivity index (χ0) is 12.6. The summed E-state index contributed by atoms with van der Waals surface area (Å²) in [5.41, 5.74) is 0. The van der Waals surface area contributed by atoms with Crippen molar-refractivity contribution in [1.82, 2.24) is 0 Å². The van der Waals surface area contributed by atoms with Gasteiger partial charge in [0.05, 0.1) is 5.75 Å². The molecule has 0 saturated carbocycles. The smallest absolute Gasteiger partial charge is 0.430 e. The molecule has 17 heavy (non-hydrogen) atoms. The van der Waals surface area contributed by atoms with Gasteiger partial charge >= 0.3 is 6.18 Å². The molecule has 0 saturated heterocycles. The van der Waals surface area contributed by atoms with E-state index in [9.17, 15) is 13.2 Å². The zero-order valence-electron chi connectivity index (χ0n) is 8.81. The molecular weight excluding hydrogens is 370 g/mol. The Hall–Kier alpha value is -0.510. The maximum Gasteiger partial charge on any atom is 0.430 e. The third-order valence-electron chi connectivity index (χ3n) is 1.20. The quantitative estimate of drug-likeness (QED) is 0.575. The van der Waals surface area contributed by atoms with Gasteiger partial charge in [-0.3, -0.25) is 0 Å². The predicted molar refractivity (Wildman–Crippen MR) is 66.6 cm³/mol. The van der Waals surface area contributed by atoms with Crippen LogP contribution in [0.4, 0.5) is 13.2 Å². The lowest BCUT2D eigenvalue weighted by atomic mass is 10.5. The van der Waals surface area contributed by atoms with Gasteiger partial charge in [-0.1, -0.05) is 13.0 Å². The molecule has 0 aliphatic heterocycles. The topological polar surface area (TPSA) is 44.0 Å². The van der Waals surface area contributed by atoms with E-state index in [-0.39, 0.29) is 24.0 Å². The van der Waals surface area contributed by atoms with Gasteiger partial charge < -0.3 is 9.90 Å². The maximum absolute atomic E-state index is 10.5. The minimum absolute atomic E-state index is 0. The Bertz CT molecular complexity index is 322. The number of nitrogens with zero attached hydrogens (tertiary/aromatic N) is 1. The van der Waals surface area contributed by atoms with E-state index in [0.717, 1.165) is 5.75 Å². The summed E-state index contributed by atoms with van der Waals surface area (Å²) < 4.78 is 33.6. The molecule has 0 fully saturated rings. The van der Waals surface area contributed by atoms with Crippen LogP contribution in [0.2, 0.25) is 0 Å². The van der Waals surface area contributed by atoms with Gasteiger partial charge in [0.25, 0.3) is 0 Å². The molecule has 0 bridgehead atoms. The number of hydrogen-bond acceptors (Lipinski definition) is 3. The molecule has 8 heteroatoms. The maximum atomic E-state index is 10.5. The van der Waals surface area contributed by atoms with Crippen LogP contribution in [0.5, 0.6) is 0 Å². The van der Waals surface area contributed by atoms with Crippen molar-refractivity contribution in [3.8, 4) is 0 Å². The number of aromatic nitrogens is 1. The highest BCUT2D eigenvalue weighted by atomic mass is 127. The van der Waals surface area contributed by atoms with E-state index in [4.69, 9.17) is 9.90 Å². The van der Waals surface area contributed by atoms with Crippen LogP contribution in [0.15, 0.2) is 30.6 Å². The first-order chi connectivity index (χ1) is 7.38. The van der Waals surface area contributed by atoms with E-state index >= 15 is 0 Å². The first-order valence-electron chi connectivity index (χ1n) is 4.25. The fourth-order valence-electron chi connectivity index (χ4n) is 0.618. The SMILES string of the molecule is CCS[n+]1ccccc1.I.O=C([O-])C(F)(F)F. The molecule has 1 heterocycles. The Balaban J connectivity index is 0. The third-order valence-corrected chi connectivity index (χ3v) is 2.00. The van der Waals surface area contributed by atoms with Gasteiger partial charge in [-0.25, -0.2) is 0 Å². The molecule has 98 valence electrons. The number of carboxylic acid groups (broad SMARTS) is 1. The number of alkyl halides is 3. The lowest BCUT2D eigenvalue weighted by Crippen LogP contribution is -2.37. The van der Waals surface area contributed by atoms with E-state index in [1.54, 1.807) is 11.9 Å². The predicted octanol–water partition coefficient (Wildman–Crippen LogP) is 1.41. The van der Waals surface area contributed by atoms with Crippen LogP contribution in [-0.4, -0.2) is 17.9 Å². The van der Waals surface area contributed by atoms with Crippen LogP contribution in [0.3, 0.4) is 0 Å². The molecule has 0 aromatic carbocycles. The molecule has 1 rings (SSSR count). The molecule has 0 unspecified atom stereocenters. The van der Waals surface area contributed by atoms with E-state index in [2.05, 4.69) is 10.9 Å². The summed E-state index contributed by atoms with van der Waals surface area (Å²) in [4.78, 5) is 8.78. The van der Waals surface area contributed by atoms with E-state index in [1.165, 1.54) is 0 Å². The van der Waals surface area contributed by atoms with Gasteiger partial charge in [0.2, 0.25) is 0 Å².